The normalized spacial score (nSPS) is 15.5. The first-order valence-electron chi connectivity index (χ1n) is 6.17. The maximum atomic E-state index is 11.9. The molecule has 0 aromatic rings. The molecule has 0 radical (unpaired) electrons. The summed E-state index contributed by atoms with van der Waals surface area (Å²) < 4.78 is 35.5. The van der Waals surface area contributed by atoms with Crippen LogP contribution in [0, 0.1) is 5.92 Å². The number of methoxy groups -OCH3 is 1. The first-order valence-corrected chi connectivity index (χ1v) is 7.78. The first kappa shape index (κ1) is 19.0. The van der Waals surface area contributed by atoms with Crippen molar-refractivity contribution >= 4 is 21.8 Å². The highest BCUT2D eigenvalue weighted by molar-refractivity contribution is 7.85. The number of Topliss-reactive ketones (excluding diaryl/α,β-unsaturated/α-hetero) is 1. The van der Waals surface area contributed by atoms with Crippen LogP contribution in [0.4, 0.5) is 0 Å². The van der Waals surface area contributed by atoms with E-state index in [0.29, 0.717) is 0 Å². The van der Waals surface area contributed by atoms with E-state index in [1.807, 2.05) is 0 Å². The predicted molar refractivity (Wildman–Crippen MR) is 73.9 cm³/mol. The molecule has 2 N–H and O–H groups in total. The van der Waals surface area contributed by atoms with Crippen molar-refractivity contribution in [3.8, 4) is 0 Å². The van der Waals surface area contributed by atoms with Gasteiger partial charge in [0.2, 0.25) is 5.91 Å². The minimum absolute atomic E-state index is 0.0980. The molecule has 2 unspecified atom stereocenters. The van der Waals surface area contributed by atoms with Crippen molar-refractivity contribution in [2.45, 2.75) is 45.8 Å². The van der Waals surface area contributed by atoms with Gasteiger partial charge in [-0.05, 0) is 27.7 Å². The molecule has 1 amide bonds. The summed E-state index contributed by atoms with van der Waals surface area (Å²) in [7, 11) is -2.75. The van der Waals surface area contributed by atoms with Crippen LogP contribution in [0.3, 0.4) is 0 Å². The Kier molecular flexibility index (Phi) is 6.79. The number of carbonyl (C=O) groups excluding carboxylic acids is 2. The maximum Gasteiger partial charge on any atom is 0.267 e. The lowest BCUT2D eigenvalue weighted by molar-refractivity contribution is -0.132. The van der Waals surface area contributed by atoms with Gasteiger partial charge < -0.3 is 10.1 Å². The van der Waals surface area contributed by atoms with Crippen molar-refractivity contribution in [3.05, 3.63) is 0 Å². The second-order valence-electron chi connectivity index (χ2n) is 5.52. The van der Waals surface area contributed by atoms with Gasteiger partial charge in [-0.1, -0.05) is 0 Å². The Morgan fingerprint density at radius 1 is 1.35 bits per heavy atom. The summed E-state index contributed by atoms with van der Waals surface area (Å²) >= 11 is 0. The second kappa shape index (κ2) is 7.14. The minimum atomic E-state index is -4.20. The average molecular weight is 309 g/mol. The largest absolute Gasteiger partial charge is 0.381 e. The van der Waals surface area contributed by atoms with Crippen LogP contribution in [-0.2, 0) is 24.4 Å². The van der Waals surface area contributed by atoms with Crippen LogP contribution < -0.4 is 5.32 Å². The lowest BCUT2D eigenvalue weighted by Crippen LogP contribution is -2.49. The molecule has 20 heavy (non-hydrogen) atoms. The molecule has 0 spiro atoms. The lowest BCUT2D eigenvalue weighted by Gasteiger charge is -2.26. The molecular formula is C12H23NO6S. The van der Waals surface area contributed by atoms with E-state index in [4.69, 9.17) is 9.29 Å². The van der Waals surface area contributed by atoms with E-state index in [1.54, 1.807) is 6.92 Å². The third-order valence-corrected chi connectivity index (χ3v) is 3.97. The molecule has 0 saturated heterocycles. The zero-order valence-corrected chi connectivity index (χ0v) is 13.3. The number of rotatable bonds is 8. The quantitative estimate of drug-likeness (QED) is 0.628. The fourth-order valence-corrected chi connectivity index (χ4v) is 2.91. The van der Waals surface area contributed by atoms with E-state index < -0.39 is 39.3 Å². The van der Waals surface area contributed by atoms with Gasteiger partial charge in [0, 0.05) is 13.5 Å². The SMILES string of the molecule is COC(C)C(CC(=O)NC(C)(C)CS(=O)(=O)O)C(C)=O. The standard InChI is InChI=1S/C12H23NO6S/c1-8(14)10(9(2)19-5)6-11(15)13-12(3,4)7-20(16,17)18/h9-10H,6-7H2,1-5H3,(H,13,15)(H,16,17,18). The van der Waals surface area contributed by atoms with Crippen molar-refractivity contribution in [2.75, 3.05) is 12.9 Å². The Bertz CT molecular complexity index is 457. The number of ketones is 1. The lowest BCUT2D eigenvalue weighted by atomic mass is 9.94. The molecule has 0 aliphatic carbocycles. The summed E-state index contributed by atoms with van der Waals surface area (Å²) in [5.41, 5.74) is -1.12. The Balaban J connectivity index is 4.72. The van der Waals surface area contributed by atoms with Crippen molar-refractivity contribution < 1.29 is 27.3 Å². The molecule has 0 aromatic carbocycles. The Morgan fingerprint density at radius 2 is 1.85 bits per heavy atom. The zero-order valence-electron chi connectivity index (χ0n) is 12.5. The van der Waals surface area contributed by atoms with E-state index in [2.05, 4.69) is 5.32 Å². The molecule has 0 saturated carbocycles. The van der Waals surface area contributed by atoms with Gasteiger partial charge >= 0.3 is 0 Å². The topological polar surface area (TPSA) is 110 Å². The molecule has 0 aliphatic rings. The first-order chi connectivity index (χ1) is 8.88. The number of carbonyl (C=O) groups is 2. The Morgan fingerprint density at radius 3 is 2.20 bits per heavy atom. The van der Waals surface area contributed by atoms with E-state index in [1.165, 1.54) is 27.9 Å². The number of ether oxygens (including phenoxy) is 1. The summed E-state index contributed by atoms with van der Waals surface area (Å²) in [6.45, 7) is 6.00. The third-order valence-electron chi connectivity index (χ3n) is 2.89. The van der Waals surface area contributed by atoms with E-state index >= 15 is 0 Å². The number of amides is 1. The minimum Gasteiger partial charge on any atom is -0.381 e. The van der Waals surface area contributed by atoms with Crippen molar-refractivity contribution in [1.29, 1.82) is 0 Å². The van der Waals surface area contributed by atoms with Crippen LogP contribution in [0.5, 0.6) is 0 Å². The third kappa shape index (κ3) is 7.56. The fourth-order valence-electron chi connectivity index (χ4n) is 1.92. The van der Waals surface area contributed by atoms with Crippen LogP contribution in [0.2, 0.25) is 0 Å². The van der Waals surface area contributed by atoms with E-state index in [-0.39, 0.29) is 12.2 Å². The molecule has 8 heteroatoms. The molecular weight excluding hydrogens is 286 g/mol. The summed E-state index contributed by atoms with van der Waals surface area (Å²) in [6.07, 6.45) is -0.512. The number of nitrogens with one attached hydrogen (secondary N) is 1. The van der Waals surface area contributed by atoms with E-state index in [9.17, 15) is 18.0 Å². The van der Waals surface area contributed by atoms with Crippen LogP contribution in [-0.4, -0.2) is 49.2 Å². The van der Waals surface area contributed by atoms with Crippen molar-refractivity contribution in [2.24, 2.45) is 5.92 Å². The summed E-state index contributed by atoms with van der Waals surface area (Å²) in [6, 6.07) is 0. The van der Waals surface area contributed by atoms with E-state index in [0.717, 1.165) is 0 Å². The molecule has 0 fully saturated rings. The molecule has 0 aromatic heterocycles. The van der Waals surface area contributed by atoms with Gasteiger partial charge in [0.05, 0.1) is 23.3 Å². The monoisotopic (exact) mass is 309 g/mol. The molecule has 0 rings (SSSR count). The van der Waals surface area contributed by atoms with Gasteiger partial charge in [-0.2, -0.15) is 8.42 Å². The fraction of sp³-hybridized carbons (Fsp3) is 0.833. The average Bonchev–Trinajstić information content (AvgIpc) is 2.19. The molecule has 118 valence electrons. The van der Waals surface area contributed by atoms with Crippen LogP contribution in [0.1, 0.15) is 34.1 Å². The van der Waals surface area contributed by atoms with Crippen molar-refractivity contribution in [1.82, 2.24) is 5.32 Å². The maximum absolute atomic E-state index is 11.9. The van der Waals surface area contributed by atoms with Gasteiger partial charge in [0.15, 0.2) is 0 Å². The molecule has 0 heterocycles. The summed E-state index contributed by atoms with van der Waals surface area (Å²) in [5, 5.41) is 2.49. The van der Waals surface area contributed by atoms with Crippen LogP contribution >= 0.6 is 0 Å². The number of hydrogen-bond acceptors (Lipinski definition) is 5. The van der Waals surface area contributed by atoms with Gasteiger partial charge in [-0.15, -0.1) is 0 Å². The van der Waals surface area contributed by atoms with Crippen LogP contribution in [0.25, 0.3) is 0 Å². The summed E-state index contributed by atoms with van der Waals surface area (Å²) in [5.74, 6) is -1.84. The van der Waals surface area contributed by atoms with Gasteiger partial charge in [-0.25, -0.2) is 0 Å². The van der Waals surface area contributed by atoms with Gasteiger partial charge in [0.25, 0.3) is 10.1 Å². The zero-order chi connectivity index (χ0) is 16.1. The predicted octanol–water partition coefficient (Wildman–Crippen LogP) is 0.399. The molecule has 0 aliphatic heterocycles. The van der Waals surface area contributed by atoms with Gasteiger partial charge in [0.1, 0.15) is 5.78 Å². The van der Waals surface area contributed by atoms with Crippen molar-refractivity contribution in [3.63, 3.8) is 0 Å². The van der Waals surface area contributed by atoms with Crippen LogP contribution in [0.15, 0.2) is 0 Å². The highest BCUT2D eigenvalue weighted by Crippen LogP contribution is 2.15. The summed E-state index contributed by atoms with van der Waals surface area (Å²) in [4.78, 5) is 23.4. The number of hydrogen-bond donors (Lipinski definition) is 2. The highest BCUT2D eigenvalue weighted by Gasteiger charge is 2.30. The molecule has 7 nitrogen and oxygen atoms in total. The molecule has 0 bridgehead atoms. The van der Waals surface area contributed by atoms with Gasteiger partial charge in [-0.3, -0.25) is 14.1 Å². The molecule has 2 atom stereocenters. The second-order valence-corrected chi connectivity index (χ2v) is 6.97. The Labute approximate surface area is 119 Å². The highest BCUT2D eigenvalue weighted by atomic mass is 32.2. The smallest absolute Gasteiger partial charge is 0.267 e. The Hall–Kier alpha value is -0.990.